The highest BCUT2D eigenvalue weighted by Gasteiger charge is 2.20. The van der Waals surface area contributed by atoms with Crippen LogP contribution in [-0.2, 0) is 7.05 Å². The molecule has 2 aromatic heterocycles. The van der Waals surface area contributed by atoms with Gasteiger partial charge in [0.25, 0.3) is 5.91 Å². The summed E-state index contributed by atoms with van der Waals surface area (Å²) in [6.45, 7) is 0. The van der Waals surface area contributed by atoms with Crippen molar-refractivity contribution in [3.63, 3.8) is 0 Å². The monoisotopic (exact) mass is 331 g/mol. The van der Waals surface area contributed by atoms with Gasteiger partial charge in [-0.05, 0) is 35.2 Å². The Bertz CT molecular complexity index is 765. The van der Waals surface area contributed by atoms with Gasteiger partial charge in [0.15, 0.2) is 0 Å². The number of aromatic nitrogens is 2. The van der Waals surface area contributed by atoms with Crippen LogP contribution in [0.15, 0.2) is 53.4 Å². The topological polar surface area (TPSA) is 46.9 Å². The van der Waals surface area contributed by atoms with Gasteiger partial charge in [-0.2, -0.15) is 16.4 Å². The zero-order chi connectivity index (χ0) is 15.5. The van der Waals surface area contributed by atoms with Crippen molar-refractivity contribution in [1.29, 1.82) is 0 Å². The van der Waals surface area contributed by atoms with E-state index in [2.05, 4.69) is 10.4 Å². The van der Waals surface area contributed by atoms with Crippen molar-refractivity contribution in [2.45, 2.75) is 6.04 Å². The number of carbonyl (C=O) groups is 1. The molecule has 0 saturated carbocycles. The third-order valence-corrected chi connectivity index (χ3v) is 4.23. The van der Waals surface area contributed by atoms with Gasteiger partial charge in [0.2, 0.25) is 0 Å². The van der Waals surface area contributed by atoms with Crippen LogP contribution in [0.25, 0.3) is 0 Å². The molecule has 3 rings (SSSR count). The fraction of sp³-hybridized carbons (Fsp3) is 0.125. The zero-order valence-corrected chi connectivity index (χ0v) is 13.4. The number of rotatable bonds is 4. The molecule has 0 fully saturated rings. The molecule has 0 aliphatic carbocycles. The minimum absolute atomic E-state index is 0.119. The lowest BCUT2D eigenvalue weighted by atomic mass is 10.0. The quantitative estimate of drug-likeness (QED) is 0.793. The van der Waals surface area contributed by atoms with Crippen LogP contribution >= 0.6 is 22.9 Å². The summed E-state index contributed by atoms with van der Waals surface area (Å²) >= 11 is 7.44. The smallest absolute Gasteiger partial charge is 0.252 e. The average Bonchev–Trinajstić information content (AvgIpc) is 3.17. The number of amides is 1. The molecule has 0 unspecified atom stereocenters. The molecule has 0 bridgehead atoms. The Balaban J connectivity index is 1.92. The Morgan fingerprint density at radius 2 is 2.05 bits per heavy atom. The zero-order valence-electron chi connectivity index (χ0n) is 11.9. The number of carbonyl (C=O) groups excluding carboxylic acids is 1. The van der Waals surface area contributed by atoms with Gasteiger partial charge in [-0.3, -0.25) is 9.48 Å². The lowest BCUT2D eigenvalue weighted by molar-refractivity contribution is 0.0942. The summed E-state index contributed by atoms with van der Waals surface area (Å²) in [7, 11) is 1.85. The van der Waals surface area contributed by atoms with E-state index in [9.17, 15) is 4.79 Å². The van der Waals surface area contributed by atoms with Gasteiger partial charge in [-0.15, -0.1) is 0 Å². The molecule has 4 nitrogen and oxygen atoms in total. The third kappa shape index (κ3) is 3.21. The first-order valence-corrected chi connectivity index (χ1v) is 8.03. The normalized spacial score (nSPS) is 12.1. The van der Waals surface area contributed by atoms with Crippen LogP contribution in [0.5, 0.6) is 0 Å². The fourth-order valence-corrected chi connectivity index (χ4v) is 2.94. The summed E-state index contributed by atoms with van der Waals surface area (Å²) in [5.74, 6) is -0.119. The Morgan fingerprint density at radius 3 is 2.64 bits per heavy atom. The molecule has 1 amide bonds. The molecule has 3 aromatic rings. The number of halogens is 1. The molecule has 1 atom stereocenters. The second-order valence-electron chi connectivity index (χ2n) is 4.88. The standard InChI is InChI=1S/C16H14ClN3OS/c1-20-8-6-14(19-20)15(11-2-4-13(17)5-3-11)18-16(21)12-7-9-22-10-12/h2-10,15H,1H3,(H,18,21)/t15-/m1/s1. The highest BCUT2D eigenvalue weighted by atomic mass is 35.5. The van der Waals surface area contributed by atoms with Crippen molar-refractivity contribution in [3.8, 4) is 0 Å². The maximum Gasteiger partial charge on any atom is 0.252 e. The molecule has 6 heteroatoms. The molecular formula is C16H14ClN3OS. The van der Waals surface area contributed by atoms with Crippen molar-refractivity contribution in [2.24, 2.45) is 7.05 Å². The number of nitrogens with zero attached hydrogens (tertiary/aromatic N) is 2. The molecule has 1 aromatic carbocycles. The van der Waals surface area contributed by atoms with E-state index in [-0.39, 0.29) is 11.9 Å². The summed E-state index contributed by atoms with van der Waals surface area (Å²) in [5.41, 5.74) is 2.37. The second-order valence-corrected chi connectivity index (χ2v) is 6.10. The number of hydrogen-bond donors (Lipinski definition) is 1. The van der Waals surface area contributed by atoms with Crippen molar-refractivity contribution in [3.05, 3.63) is 75.2 Å². The van der Waals surface area contributed by atoms with Gasteiger partial charge >= 0.3 is 0 Å². The predicted molar refractivity (Wildman–Crippen MR) is 88.3 cm³/mol. The molecule has 0 aliphatic heterocycles. The molecule has 0 spiro atoms. The lowest BCUT2D eigenvalue weighted by Crippen LogP contribution is -2.29. The number of thiophene rings is 1. The maximum absolute atomic E-state index is 12.4. The van der Waals surface area contributed by atoms with Gasteiger partial charge in [0.05, 0.1) is 17.3 Å². The number of aryl methyl sites for hydroxylation is 1. The van der Waals surface area contributed by atoms with Crippen molar-refractivity contribution < 1.29 is 4.79 Å². The van der Waals surface area contributed by atoms with Crippen LogP contribution in [0.3, 0.4) is 0 Å². The van der Waals surface area contributed by atoms with E-state index in [0.29, 0.717) is 10.6 Å². The SMILES string of the molecule is Cn1ccc([C@H](NC(=O)c2ccsc2)c2ccc(Cl)cc2)n1. The van der Waals surface area contributed by atoms with E-state index >= 15 is 0 Å². The van der Waals surface area contributed by atoms with Crippen LogP contribution in [0, 0.1) is 0 Å². The van der Waals surface area contributed by atoms with Gasteiger partial charge in [0.1, 0.15) is 0 Å². The second kappa shape index (κ2) is 6.34. The molecule has 0 radical (unpaired) electrons. The Kier molecular flexibility index (Phi) is 4.27. The van der Waals surface area contributed by atoms with E-state index in [0.717, 1.165) is 11.3 Å². The molecular weight excluding hydrogens is 318 g/mol. The van der Waals surface area contributed by atoms with Crippen LogP contribution in [0.2, 0.25) is 5.02 Å². The van der Waals surface area contributed by atoms with Gasteiger partial charge < -0.3 is 5.32 Å². The van der Waals surface area contributed by atoms with Crippen LogP contribution in [0.4, 0.5) is 0 Å². The molecule has 1 N–H and O–H groups in total. The number of hydrogen-bond acceptors (Lipinski definition) is 3. The predicted octanol–water partition coefficient (Wildman–Crippen LogP) is 3.65. The minimum Gasteiger partial charge on any atom is -0.339 e. The molecule has 0 saturated heterocycles. The van der Waals surface area contributed by atoms with Crippen molar-refractivity contribution in [1.82, 2.24) is 15.1 Å². The molecule has 0 aliphatic rings. The first-order chi connectivity index (χ1) is 10.6. The third-order valence-electron chi connectivity index (χ3n) is 3.29. The van der Waals surface area contributed by atoms with Gasteiger partial charge in [0, 0.05) is 23.6 Å². The van der Waals surface area contributed by atoms with E-state index in [1.165, 1.54) is 11.3 Å². The van der Waals surface area contributed by atoms with Gasteiger partial charge in [-0.25, -0.2) is 0 Å². The summed E-state index contributed by atoms with van der Waals surface area (Å²) < 4.78 is 1.72. The number of nitrogens with one attached hydrogen (secondary N) is 1. The first-order valence-electron chi connectivity index (χ1n) is 6.71. The Hall–Kier alpha value is -2.11. The summed E-state index contributed by atoms with van der Waals surface area (Å²) in [6, 6.07) is 10.8. The highest BCUT2D eigenvalue weighted by Crippen LogP contribution is 2.23. The first kappa shape index (κ1) is 14.8. The fourth-order valence-electron chi connectivity index (χ4n) is 2.18. The molecule has 22 heavy (non-hydrogen) atoms. The Morgan fingerprint density at radius 1 is 1.27 bits per heavy atom. The maximum atomic E-state index is 12.4. The summed E-state index contributed by atoms with van der Waals surface area (Å²) in [4.78, 5) is 12.4. The summed E-state index contributed by atoms with van der Waals surface area (Å²) in [5, 5.41) is 11.8. The van der Waals surface area contributed by atoms with Gasteiger partial charge in [-0.1, -0.05) is 23.7 Å². The van der Waals surface area contributed by atoms with Crippen molar-refractivity contribution in [2.75, 3.05) is 0 Å². The molecule has 2 heterocycles. The van der Waals surface area contributed by atoms with Crippen molar-refractivity contribution >= 4 is 28.8 Å². The van der Waals surface area contributed by atoms with E-state index < -0.39 is 0 Å². The van der Waals surface area contributed by atoms with Crippen LogP contribution < -0.4 is 5.32 Å². The van der Waals surface area contributed by atoms with Crippen LogP contribution in [0.1, 0.15) is 27.7 Å². The lowest BCUT2D eigenvalue weighted by Gasteiger charge is -2.17. The highest BCUT2D eigenvalue weighted by molar-refractivity contribution is 7.08. The number of benzene rings is 1. The average molecular weight is 332 g/mol. The van der Waals surface area contributed by atoms with E-state index in [4.69, 9.17) is 11.6 Å². The summed E-state index contributed by atoms with van der Waals surface area (Å²) in [6.07, 6.45) is 1.86. The van der Waals surface area contributed by atoms with Crippen LogP contribution in [-0.4, -0.2) is 15.7 Å². The van der Waals surface area contributed by atoms with E-state index in [1.54, 1.807) is 10.7 Å². The van der Waals surface area contributed by atoms with E-state index in [1.807, 2.05) is 54.3 Å². The largest absolute Gasteiger partial charge is 0.339 e. The Labute approximate surface area is 137 Å². The minimum atomic E-state index is -0.314. The molecule has 112 valence electrons.